The molecule has 0 saturated carbocycles. The number of ether oxygens (including phenoxy) is 1. The fourth-order valence-corrected chi connectivity index (χ4v) is 5.75. The van der Waals surface area contributed by atoms with Gasteiger partial charge in [-0.05, 0) is 61.0 Å². The topological polar surface area (TPSA) is 27.1 Å². The minimum atomic E-state index is -0.530. The van der Waals surface area contributed by atoms with Crippen molar-refractivity contribution in [1.29, 1.82) is 0 Å². The van der Waals surface area contributed by atoms with Crippen LogP contribution in [0, 0.1) is 18.6 Å². The van der Waals surface area contributed by atoms with Crippen molar-refractivity contribution < 1.29 is 13.5 Å². The summed E-state index contributed by atoms with van der Waals surface area (Å²) in [4.78, 5) is 4.85. The Morgan fingerprint density at radius 1 is 1.00 bits per heavy atom. The van der Waals surface area contributed by atoms with Crippen molar-refractivity contribution in [2.24, 2.45) is 0 Å². The standard InChI is InChI=1S/C27H24Cl2F2N2OS/c1-16-25(27(2,3)17-8-13-22(29)24(14-17)34-4)33(19-11-9-18(30)10-12-19)26(32-16)35-15-20-21(28)6-5-7-23(20)31/h5-14H,15H2,1-4H3. The molecule has 1 aromatic heterocycles. The molecule has 0 unspecified atom stereocenters. The first-order valence-corrected chi connectivity index (χ1v) is 12.6. The Labute approximate surface area is 218 Å². The molecule has 1 heterocycles. The summed E-state index contributed by atoms with van der Waals surface area (Å²) in [5.74, 6) is 0.167. The highest BCUT2D eigenvalue weighted by Crippen LogP contribution is 2.41. The maximum Gasteiger partial charge on any atom is 0.173 e. The number of imidazole rings is 1. The van der Waals surface area contributed by atoms with E-state index < -0.39 is 5.41 Å². The van der Waals surface area contributed by atoms with Crippen LogP contribution in [0.2, 0.25) is 10.0 Å². The van der Waals surface area contributed by atoms with Crippen LogP contribution in [0.15, 0.2) is 65.8 Å². The highest BCUT2D eigenvalue weighted by molar-refractivity contribution is 7.98. The second kappa shape index (κ2) is 10.2. The highest BCUT2D eigenvalue weighted by Gasteiger charge is 2.32. The lowest BCUT2D eigenvalue weighted by Gasteiger charge is -2.29. The van der Waals surface area contributed by atoms with Gasteiger partial charge in [0, 0.05) is 27.4 Å². The number of aryl methyl sites for hydroxylation is 1. The Balaban J connectivity index is 1.86. The lowest BCUT2D eigenvalue weighted by atomic mass is 9.80. The van der Waals surface area contributed by atoms with Gasteiger partial charge in [-0.2, -0.15) is 0 Å². The summed E-state index contributed by atoms with van der Waals surface area (Å²) in [6, 6.07) is 16.6. The number of hydrogen-bond acceptors (Lipinski definition) is 3. The summed E-state index contributed by atoms with van der Waals surface area (Å²) in [6.45, 7) is 6.11. The number of benzene rings is 3. The minimum Gasteiger partial charge on any atom is -0.495 e. The van der Waals surface area contributed by atoms with Crippen LogP contribution in [-0.4, -0.2) is 16.7 Å². The van der Waals surface area contributed by atoms with Gasteiger partial charge in [-0.25, -0.2) is 13.8 Å². The fourth-order valence-electron chi connectivity index (χ4n) is 4.15. The molecule has 0 aliphatic rings. The van der Waals surface area contributed by atoms with Crippen LogP contribution in [0.1, 0.15) is 36.4 Å². The molecule has 4 aromatic rings. The van der Waals surface area contributed by atoms with Crippen LogP contribution in [-0.2, 0) is 11.2 Å². The van der Waals surface area contributed by atoms with E-state index in [9.17, 15) is 8.78 Å². The molecule has 8 heteroatoms. The number of rotatable bonds is 7. The molecule has 0 atom stereocenters. The van der Waals surface area contributed by atoms with E-state index in [1.54, 1.807) is 37.4 Å². The monoisotopic (exact) mass is 532 g/mol. The molecular weight excluding hydrogens is 509 g/mol. The molecular formula is C27H24Cl2F2N2OS. The lowest BCUT2D eigenvalue weighted by Crippen LogP contribution is -2.24. The van der Waals surface area contributed by atoms with E-state index in [-0.39, 0.29) is 17.4 Å². The maximum absolute atomic E-state index is 14.4. The first-order valence-electron chi connectivity index (χ1n) is 10.9. The third kappa shape index (κ3) is 5.06. The van der Waals surface area contributed by atoms with Crippen LogP contribution < -0.4 is 4.74 Å². The number of thioether (sulfide) groups is 1. The fraction of sp³-hybridized carbons (Fsp3) is 0.222. The Hall–Kier alpha value is -2.54. The van der Waals surface area contributed by atoms with E-state index in [1.807, 2.05) is 23.6 Å². The predicted octanol–water partition coefficient (Wildman–Crippen LogP) is 8.39. The van der Waals surface area contributed by atoms with Crippen LogP contribution >= 0.6 is 35.0 Å². The van der Waals surface area contributed by atoms with E-state index in [1.165, 1.54) is 30.0 Å². The third-order valence-electron chi connectivity index (χ3n) is 5.98. The first kappa shape index (κ1) is 25.5. The molecule has 3 aromatic carbocycles. The Morgan fingerprint density at radius 3 is 2.37 bits per heavy atom. The summed E-state index contributed by atoms with van der Waals surface area (Å²) >= 11 is 13.9. The van der Waals surface area contributed by atoms with Gasteiger partial charge in [0.05, 0.1) is 23.5 Å². The van der Waals surface area contributed by atoms with Crippen LogP contribution in [0.4, 0.5) is 8.78 Å². The van der Waals surface area contributed by atoms with Crippen LogP contribution in [0.5, 0.6) is 5.75 Å². The zero-order valence-corrected chi connectivity index (χ0v) is 22.0. The number of halogens is 4. The van der Waals surface area contributed by atoms with Crippen molar-refractivity contribution >= 4 is 35.0 Å². The van der Waals surface area contributed by atoms with Crippen LogP contribution in [0.25, 0.3) is 5.69 Å². The van der Waals surface area contributed by atoms with Crippen molar-refractivity contribution in [2.75, 3.05) is 7.11 Å². The number of methoxy groups -OCH3 is 1. The number of hydrogen-bond donors (Lipinski definition) is 0. The first-order chi connectivity index (χ1) is 16.6. The molecule has 0 bridgehead atoms. The van der Waals surface area contributed by atoms with E-state index in [0.29, 0.717) is 26.5 Å². The van der Waals surface area contributed by atoms with Gasteiger partial charge in [0.1, 0.15) is 17.4 Å². The molecule has 0 amide bonds. The molecule has 0 spiro atoms. The predicted molar refractivity (Wildman–Crippen MR) is 139 cm³/mol. The molecule has 35 heavy (non-hydrogen) atoms. The van der Waals surface area contributed by atoms with Crippen molar-refractivity contribution in [2.45, 2.75) is 37.1 Å². The molecule has 4 rings (SSSR count). The smallest absolute Gasteiger partial charge is 0.173 e. The maximum atomic E-state index is 14.4. The molecule has 0 radical (unpaired) electrons. The normalized spacial score (nSPS) is 11.7. The van der Waals surface area contributed by atoms with Gasteiger partial charge in [0.15, 0.2) is 5.16 Å². The third-order valence-corrected chi connectivity index (χ3v) is 7.61. The lowest BCUT2D eigenvalue weighted by molar-refractivity contribution is 0.413. The summed E-state index contributed by atoms with van der Waals surface area (Å²) in [5, 5.41) is 1.54. The second-order valence-corrected chi connectivity index (χ2v) is 10.4. The number of nitrogens with zero attached hydrogens (tertiary/aromatic N) is 2. The Morgan fingerprint density at radius 2 is 1.71 bits per heavy atom. The average molecular weight is 533 g/mol. The van der Waals surface area contributed by atoms with Gasteiger partial charge < -0.3 is 4.74 Å². The number of aromatic nitrogens is 2. The van der Waals surface area contributed by atoms with Crippen molar-refractivity contribution in [3.05, 3.63) is 105 Å². The summed E-state index contributed by atoms with van der Waals surface area (Å²) in [6.07, 6.45) is 0. The summed E-state index contributed by atoms with van der Waals surface area (Å²) < 4.78 is 35.6. The molecule has 182 valence electrons. The molecule has 0 aliphatic heterocycles. The molecule has 0 saturated heterocycles. The second-order valence-electron chi connectivity index (χ2n) is 8.60. The Kier molecular flexibility index (Phi) is 7.46. The minimum absolute atomic E-state index is 0.289. The van der Waals surface area contributed by atoms with E-state index in [0.717, 1.165) is 22.6 Å². The summed E-state index contributed by atoms with van der Waals surface area (Å²) in [7, 11) is 1.58. The Bertz CT molecular complexity index is 1350. The molecule has 3 nitrogen and oxygen atoms in total. The van der Waals surface area contributed by atoms with Gasteiger partial charge in [0.2, 0.25) is 0 Å². The average Bonchev–Trinajstić information content (AvgIpc) is 3.16. The van der Waals surface area contributed by atoms with Gasteiger partial charge in [-0.1, -0.05) is 60.9 Å². The summed E-state index contributed by atoms with van der Waals surface area (Å²) in [5.41, 5.74) is 3.31. The molecule has 0 N–H and O–H groups in total. The highest BCUT2D eigenvalue weighted by atomic mass is 35.5. The zero-order chi connectivity index (χ0) is 25.3. The zero-order valence-electron chi connectivity index (χ0n) is 19.7. The van der Waals surface area contributed by atoms with Gasteiger partial charge in [-0.15, -0.1) is 0 Å². The van der Waals surface area contributed by atoms with E-state index in [4.69, 9.17) is 32.9 Å². The van der Waals surface area contributed by atoms with E-state index >= 15 is 0 Å². The van der Waals surface area contributed by atoms with Crippen molar-refractivity contribution in [3.8, 4) is 11.4 Å². The molecule has 0 fully saturated rings. The van der Waals surface area contributed by atoms with Gasteiger partial charge in [-0.3, -0.25) is 4.57 Å². The van der Waals surface area contributed by atoms with Crippen molar-refractivity contribution in [1.82, 2.24) is 9.55 Å². The van der Waals surface area contributed by atoms with Gasteiger partial charge in [0.25, 0.3) is 0 Å². The molecule has 0 aliphatic carbocycles. The largest absolute Gasteiger partial charge is 0.495 e. The van der Waals surface area contributed by atoms with Crippen molar-refractivity contribution in [3.63, 3.8) is 0 Å². The van der Waals surface area contributed by atoms with E-state index in [2.05, 4.69) is 13.8 Å². The quantitative estimate of drug-likeness (QED) is 0.223. The SMILES string of the molecule is COc1cc(C(C)(C)c2c(C)nc(SCc3c(F)cccc3Cl)n2-c2ccc(F)cc2)ccc1Cl. The van der Waals surface area contributed by atoms with Crippen LogP contribution in [0.3, 0.4) is 0 Å². The van der Waals surface area contributed by atoms with Gasteiger partial charge >= 0.3 is 0 Å².